The first kappa shape index (κ1) is 11.4. The first-order chi connectivity index (χ1) is 7.61. The van der Waals surface area contributed by atoms with Gasteiger partial charge in [-0.25, -0.2) is 0 Å². The smallest absolute Gasteiger partial charge is 0.123 e. The summed E-state index contributed by atoms with van der Waals surface area (Å²) in [5, 5.41) is 0. The van der Waals surface area contributed by atoms with Crippen LogP contribution in [-0.2, 0) is 6.54 Å². The van der Waals surface area contributed by atoms with Gasteiger partial charge in [0.05, 0.1) is 7.11 Å². The largest absolute Gasteiger partial charge is 0.496 e. The van der Waals surface area contributed by atoms with Gasteiger partial charge in [0.1, 0.15) is 5.75 Å². The molecule has 1 fully saturated rings. The van der Waals surface area contributed by atoms with Crippen molar-refractivity contribution in [3.05, 3.63) is 29.3 Å². The molecule has 0 heterocycles. The zero-order valence-electron chi connectivity index (χ0n) is 10.2. The molecule has 0 aromatic heterocycles. The van der Waals surface area contributed by atoms with Crippen LogP contribution in [0.2, 0.25) is 0 Å². The highest BCUT2D eigenvalue weighted by molar-refractivity contribution is 5.40. The van der Waals surface area contributed by atoms with Crippen LogP contribution < -0.4 is 10.5 Å². The van der Waals surface area contributed by atoms with E-state index in [0.29, 0.717) is 12.0 Å². The van der Waals surface area contributed by atoms with E-state index in [1.54, 1.807) is 7.11 Å². The maximum atomic E-state index is 5.88. The standard InChI is InChI=1S/C13H20N2O/c1-15(2)8-10-6-9(11-7-12(11)14)4-5-13(10)16-3/h4-6,11-12H,7-8,14H2,1-3H3/t11-,12+/m0/s1. The molecule has 2 rings (SSSR count). The number of nitrogens with zero attached hydrogens (tertiary/aromatic N) is 1. The Morgan fingerprint density at radius 2 is 2.12 bits per heavy atom. The minimum absolute atomic E-state index is 0.362. The van der Waals surface area contributed by atoms with Crippen molar-refractivity contribution in [2.24, 2.45) is 5.73 Å². The summed E-state index contributed by atoms with van der Waals surface area (Å²) in [6, 6.07) is 6.78. The van der Waals surface area contributed by atoms with Gasteiger partial charge in [0.15, 0.2) is 0 Å². The molecule has 2 atom stereocenters. The topological polar surface area (TPSA) is 38.5 Å². The van der Waals surface area contributed by atoms with Gasteiger partial charge in [0, 0.05) is 24.1 Å². The number of benzene rings is 1. The molecule has 1 aromatic carbocycles. The molecule has 2 N–H and O–H groups in total. The summed E-state index contributed by atoms with van der Waals surface area (Å²) in [6.45, 7) is 0.902. The van der Waals surface area contributed by atoms with E-state index in [9.17, 15) is 0 Å². The summed E-state index contributed by atoms with van der Waals surface area (Å²) in [7, 11) is 5.85. The van der Waals surface area contributed by atoms with Crippen molar-refractivity contribution in [2.45, 2.75) is 24.9 Å². The average Bonchev–Trinajstić information content (AvgIpc) is 2.94. The molecule has 3 nitrogen and oxygen atoms in total. The summed E-state index contributed by atoms with van der Waals surface area (Å²) in [5.74, 6) is 1.53. The number of ether oxygens (including phenoxy) is 1. The molecule has 1 aromatic rings. The molecule has 0 spiro atoms. The summed E-state index contributed by atoms with van der Waals surface area (Å²) >= 11 is 0. The van der Waals surface area contributed by atoms with Crippen LogP contribution in [0.25, 0.3) is 0 Å². The van der Waals surface area contributed by atoms with Crippen LogP contribution in [-0.4, -0.2) is 32.1 Å². The van der Waals surface area contributed by atoms with Gasteiger partial charge in [-0.05, 0) is 32.1 Å². The average molecular weight is 220 g/mol. The van der Waals surface area contributed by atoms with E-state index in [4.69, 9.17) is 10.5 Å². The van der Waals surface area contributed by atoms with E-state index in [0.717, 1.165) is 18.7 Å². The van der Waals surface area contributed by atoms with Crippen LogP contribution in [0.15, 0.2) is 18.2 Å². The Bertz CT molecular complexity index is 376. The van der Waals surface area contributed by atoms with Crippen LogP contribution in [0, 0.1) is 0 Å². The molecule has 88 valence electrons. The van der Waals surface area contributed by atoms with E-state index in [1.807, 2.05) is 0 Å². The third-order valence-corrected chi connectivity index (χ3v) is 3.06. The van der Waals surface area contributed by atoms with Gasteiger partial charge in [-0.3, -0.25) is 0 Å². The van der Waals surface area contributed by atoms with Gasteiger partial charge in [0.2, 0.25) is 0 Å². The number of hydrogen-bond donors (Lipinski definition) is 1. The first-order valence-electron chi connectivity index (χ1n) is 5.69. The molecule has 1 aliphatic rings. The summed E-state index contributed by atoms with van der Waals surface area (Å²) in [6.07, 6.45) is 1.12. The van der Waals surface area contributed by atoms with Gasteiger partial charge in [-0.15, -0.1) is 0 Å². The van der Waals surface area contributed by atoms with E-state index in [1.165, 1.54) is 11.1 Å². The normalized spacial score (nSPS) is 23.6. The molecular weight excluding hydrogens is 200 g/mol. The predicted octanol–water partition coefficient (Wildman–Crippen LogP) is 1.57. The fourth-order valence-electron chi connectivity index (χ4n) is 2.09. The molecule has 3 heteroatoms. The predicted molar refractivity (Wildman–Crippen MR) is 65.7 cm³/mol. The van der Waals surface area contributed by atoms with Crippen LogP contribution in [0.5, 0.6) is 5.75 Å². The lowest BCUT2D eigenvalue weighted by Crippen LogP contribution is -2.12. The fourth-order valence-corrected chi connectivity index (χ4v) is 2.09. The van der Waals surface area contributed by atoms with E-state index in [2.05, 4.69) is 37.2 Å². The molecule has 16 heavy (non-hydrogen) atoms. The maximum Gasteiger partial charge on any atom is 0.123 e. The van der Waals surface area contributed by atoms with E-state index in [-0.39, 0.29) is 0 Å². The molecule has 0 saturated heterocycles. The number of hydrogen-bond acceptors (Lipinski definition) is 3. The lowest BCUT2D eigenvalue weighted by molar-refractivity contribution is 0.371. The fraction of sp³-hybridized carbons (Fsp3) is 0.538. The molecule has 0 bridgehead atoms. The van der Waals surface area contributed by atoms with E-state index < -0.39 is 0 Å². The van der Waals surface area contributed by atoms with Gasteiger partial charge >= 0.3 is 0 Å². The van der Waals surface area contributed by atoms with Crippen molar-refractivity contribution >= 4 is 0 Å². The van der Waals surface area contributed by atoms with Crippen LogP contribution in [0.3, 0.4) is 0 Å². The Balaban J connectivity index is 2.24. The highest BCUT2D eigenvalue weighted by atomic mass is 16.5. The van der Waals surface area contributed by atoms with Gasteiger partial charge < -0.3 is 15.4 Å². The second-order valence-electron chi connectivity index (χ2n) is 4.82. The maximum absolute atomic E-state index is 5.88. The molecule has 0 aliphatic heterocycles. The van der Waals surface area contributed by atoms with Crippen molar-refractivity contribution in [2.75, 3.05) is 21.2 Å². The quantitative estimate of drug-likeness (QED) is 0.837. The second-order valence-corrected chi connectivity index (χ2v) is 4.82. The second kappa shape index (κ2) is 4.44. The van der Waals surface area contributed by atoms with Crippen molar-refractivity contribution < 1.29 is 4.74 Å². The van der Waals surface area contributed by atoms with Gasteiger partial charge in [-0.2, -0.15) is 0 Å². The van der Waals surface area contributed by atoms with Crippen LogP contribution >= 0.6 is 0 Å². The van der Waals surface area contributed by atoms with Crippen LogP contribution in [0.4, 0.5) is 0 Å². The molecule has 0 unspecified atom stereocenters. The third-order valence-electron chi connectivity index (χ3n) is 3.06. The Morgan fingerprint density at radius 3 is 2.62 bits per heavy atom. The number of nitrogens with two attached hydrogens (primary N) is 1. The van der Waals surface area contributed by atoms with Gasteiger partial charge in [-0.1, -0.05) is 12.1 Å². The lowest BCUT2D eigenvalue weighted by Gasteiger charge is -2.14. The Kier molecular flexibility index (Phi) is 3.17. The van der Waals surface area contributed by atoms with Crippen molar-refractivity contribution in [3.63, 3.8) is 0 Å². The molecule has 1 aliphatic carbocycles. The minimum Gasteiger partial charge on any atom is -0.496 e. The summed E-state index contributed by atoms with van der Waals surface area (Å²) < 4.78 is 5.37. The Labute approximate surface area is 97.2 Å². The highest BCUT2D eigenvalue weighted by Crippen LogP contribution is 2.40. The highest BCUT2D eigenvalue weighted by Gasteiger charge is 2.35. The van der Waals surface area contributed by atoms with Crippen molar-refractivity contribution in [1.82, 2.24) is 4.90 Å². The molecular formula is C13H20N2O. The minimum atomic E-state index is 0.362. The van der Waals surface area contributed by atoms with Crippen molar-refractivity contribution in [3.8, 4) is 5.75 Å². The Morgan fingerprint density at radius 1 is 1.44 bits per heavy atom. The van der Waals surface area contributed by atoms with Crippen LogP contribution in [0.1, 0.15) is 23.5 Å². The van der Waals surface area contributed by atoms with E-state index >= 15 is 0 Å². The number of rotatable bonds is 4. The summed E-state index contributed by atoms with van der Waals surface area (Å²) in [5.41, 5.74) is 8.47. The summed E-state index contributed by atoms with van der Waals surface area (Å²) in [4.78, 5) is 2.15. The zero-order chi connectivity index (χ0) is 11.7. The monoisotopic (exact) mass is 220 g/mol. The third kappa shape index (κ3) is 2.36. The molecule has 0 radical (unpaired) electrons. The molecule has 1 saturated carbocycles. The Hall–Kier alpha value is -1.06. The number of methoxy groups -OCH3 is 1. The SMILES string of the molecule is COc1ccc([C@@H]2C[C@H]2N)cc1CN(C)C. The first-order valence-corrected chi connectivity index (χ1v) is 5.69. The van der Waals surface area contributed by atoms with Gasteiger partial charge in [0.25, 0.3) is 0 Å². The van der Waals surface area contributed by atoms with Crippen molar-refractivity contribution in [1.29, 1.82) is 0 Å². The lowest BCUT2D eigenvalue weighted by atomic mass is 10.1. The molecule has 0 amide bonds. The zero-order valence-corrected chi connectivity index (χ0v) is 10.2.